The van der Waals surface area contributed by atoms with E-state index in [-0.39, 0.29) is 48.3 Å². The van der Waals surface area contributed by atoms with Gasteiger partial charge in [0.1, 0.15) is 12.1 Å². The number of methoxy groups -OCH3 is 2. The molecular weight excluding hydrogens is 951 g/mol. The summed E-state index contributed by atoms with van der Waals surface area (Å²) in [6.07, 6.45) is 0.653. The second-order valence-corrected chi connectivity index (χ2v) is 22.0. The standard InChI is InChI=1S/C60H83N5O8S/c1-12-42(6)54(50(72-10)39-51(66)65-35-25-34-49(65)55(73-11)43(7)56(67)61-48(59(70)71)38-44-26-17-13-18-27-44)64(9)58(69)52(40(2)3)62-57(68)53(41(4)5)63(8)36-37-74-60(45-28-19-14-20-29-45,46-30-21-15-22-31-46)47-32-23-16-24-33-47/h13-24,26-33,40-43,48-50,52-55H,12,25,34-39H2,1-11H3,(H,61,67)(H,62,68)(H,70,71)/t42?,43?,48?,49-,50?,52?,53?,54?,55?/m0/s1. The van der Waals surface area contributed by atoms with E-state index in [1.807, 2.05) is 109 Å². The minimum Gasteiger partial charge on any atom is -0.480 e. The first-order valence-corrected chi connectivity index (χ1v) is 27.4. The highest BCUT2D eigenvalue weighted by Crippen LogP contribution is 2.48. The second-order valence-electron chi connectivity index (χ2n) is 20.7. The molecule has 1 saturated heterocycles. The number of ether oxygens (including phenoxy) is 2. The van der Waals surface area contributed by atoms with Crippen LogP contribution in [0.5, 0.6) is 0 Å². The Morgan fingerprint density at radius 3 is 1.73 bits per heavy atom. The maximum atomic E-state index is 14.9. The second kappa shape index (κ2) is 28.4. The van der Waals surface area contributed by atoms with Gasteiger partial charge >= 0.3 is 5.97 Å². The van der Waals surface area contributed by atoms with Gasteiger partial charge in [-0.3, -0.25) is 24.1 Å². The molecule has 4 amide bonds. The number of rotatable bonds is 28. The summed E-state index contributed by atoms with van der Waals surface area (Å²) in [5.74, 6) is -2.80. The number of likely N-dealkylation sites (N-methyl/N-ethyl adjacent to an activating group) is 2. The van der Waals surface area contributed by atoms with Crippen molar-refractivity contribution in [3.63, 3.8) is 0 Å². The van der Waals surface area contributed by atoms with Gasteiger partial charge in [-0.1, -0.05) is 176 Å². The van der Waals surface area contributed by atoms with Gasteiger partial charge in [-0.25, -0.2) is 4.79 Å². The molecule has 13 nitrogen and oxygen atoms in total. The molecule has 0 bridgehead atoms. The van der Waals surface area contributed by atoms with Crippen molar-refractivity contribution >= 4 is 41.4 Å². The molecule has 402 valence electrons. The molecule has 3 N–H and O–H groups in total. The average molecular weight is 1030 g/mol. The summed E-state index contributed by atoms with van der Waals surface area (Å²) >= 11 is 1.84. The molecule has 1 heterocycles. The van der Waals surface area contributed by atoms with Gasteiger partial charge in [0, 0.05) is 46.5 Å². The largest absolute Gasteiger partial charge is 0.480 e. The maximum Gasteiger partial charge on any atom is 0.326 e. The normalized spacial score (nSPS) is 17.2. The zero-order valence-corrected chi connectivity index (χ0v) is 46.4. The Bertz CT molecular complexity index is 2280. The predicted molar refractivity (Wildman–Crippen MR) is 296 cm³/mol. The Labute approximate surface area is 445 Å². The van der Waals surface area contributed by atoms with Crippen LogP contribution in [0.4, 0.5) is 0 Å². The molecule has 1 fully saturated rings. The summed E-state index contributed by atoms with van der Waals surface area (Å²) in [5, 5.41) is 15.9. The number of aliphatic carboxylic acids is 1. The first kappa shape index (κ1) is 59.3. The van der Waals surface area contributed by atoms with Crippen molar-refractivity contribution in [2.75, 3.05) is 47.2 Å². The third-order valence-corrected chi connectivity index (χ3v) is 16.6. The number of nitrogens with one attached hydrogen (secondary N) is 2. The van der Waals surface area contributed by atoms with E-state index in [0.717, 1.165) is 5.56 Å². The van der Waals surface area contributed by atoms with Gasteiger partial charge in [-0.05, 0) is 59.9 Å². The van der Waals surface area contributed by atoms with Crippen molar-refractivity contribution in [1.29, 1.82) is 0 Å². The van der Waals surface area contributed by atoms with Gasteiger partial charge in [0.25, 0.3) is 0 Å². The van der Waals surface area contributed by atoms with E-state index in [0.29, 0.717) is 38.1 Å². The maximum absolute atomic E-state index is 14.9. The fourth-order valence-corrected chi connectivity index (χ4v) is 12.5. The molecule has 0 aromatic heterocycles. The van der Waals surface area contributed by atoms with E-state index in [9.17, 15) is 29.1 Å². The van der Waals surface area contributed by atoms with E-state index in [2.05, 4.69) is 88.3 Å². The van der Waals surface area contributed by atoms with E-state index in [1.165, 1.54) is 23.8 Å². The van der Waals surface area contributed by atoms with Crippen LogP contribution in [0.15, 0.2) is 121 Å². The fraction of sp³-hybridized carbons (Fsp3) is 0.517. The summed E-state index contributed by atoms with van der Waals surface area (Å²) in [6.45, 7) is 14.8. The molecule has 1 aliphatic heterocycles. The van der Waals surface area contributed by atoms with Crippen LogP contribution in [0.3, 0.4) is 0 Å². The van der Waals surface area contributed by atoms with Crippen LogP contribution in [0.1, 0.15) is 96.4 Å². The van der Waals surface area contributed by atoms with Crippen molar-refractivity contribution in [3.05, 3.63) is 144 Å². The predicted octanol–water partition coefficient (Wildman–Crippen LogP) is 8.54. The van der Waals surface area contributed by atoms with Crippen LogP contribution in [0, 0.1) is 23.7 Å². The molecular formula is C60H83N5O8S. The van der Waals surface area contributed by atoms with Crippen molar-refractivity contribution in [3.8, 4) is 0 Å². The Morgan fingerprint density at radius 1 is 0.743 bits per heavy atom. The number of nitrogens with zero attached hydrogens (tertiary/aromatic N) is 3. The molecule has 1 aliphatic rings. The number of carboxylic acid groups (broad SMARTS) is 1. The number of carboxylic acids is 1. The highest BCUT2D eigenvalue weighted by atomic mass is 32.2. The average Bonchev–Trinajstić information content (AvgIpc) is 3.89. The molecule has 0 aliphatic carbocycles. The highest BCUT2D eigenvalue weighted by molar-refractivity contribution is 8.00. The molecule has 9 atom stereocenters. The lowest BCUT2D eigenvalue weighted by Gasteiger charge is -2.41. The smallest absolute Gasteiger partial charge is 0.326 e. The monoisotopic (exact) mass is 1030 g/mol. The van der Waals surface area contributed by atoms with Gasteiger partial charge in [0.15, 0.2) is 0 Å². The summed E-state index contributed by atoms with van der Waals surface area (Å²) in [5.41, 5.74) is 4.28. The molecule has 4 aromatic rings. The first-order chi connectivity index (χ1) is 35.4. The van der Waals surface area contributed by atoms with E-state index < -0.39 is 65.0 Å². The third kappa shape index (κ3) is 14.6. The SMILES string of the molecule is CCC(C)C(C(CC(=O)N1CCC[C@H]1C(OC)C(C)C(=O)NC(Cc1ccccc1)C(=O)O)OC)N(C)C(=O)C(NC(=O)C(C(C)C)N(C)CCSC(c1ccccc1)(c1ccccc1)c1ccccc1)C(C)C. The summed E-state index contributed by atoms with van der Waals surface area (Å²) in [7, 11) is 6.78. The van der Waals surface area contributed by atoms with E-state index >= 15 is 0 Å². The fourth-order valence-electron chi connectivity index (χ4n) is 10.9. The number of hydrogen-bond acceptors (Lipinski definition) is 9. The number of likely N-dealkylation sites (tertiary alicyclic amines) is 1. The van der Waals surface area contributed by atoms with Crippen LogP contribution < -0.4 is 10.6 Å². The number of amides is 4. The Kier molecular flexibility index (Phi) is 22.8. The van der Waals surface area contributed by atoms with Gasteiger partial charge in [-0.2, -0.15) is 0 Å². The number of thioether (sulfide) groups is 1. The van der Waals surface area contributed by atoms with Gasteiger partial charge in [0.2, 0.25) is 23.6 Å². The Morgan fingerprint density at radius 2 is 1.27 bits per heavy atom. The van der Waals surface area contributed by atoms with Crippen LogP contribution in [-0.4, -0.2) is 139 Å². The van der Waals surface area contributed by atoms with Gasteiger partial charge in [0.05, 0.1) is 47.4 Å². The zero-order valence-electron chi connectivity index (χ0n) is 45.6. The molecule has 0 saturated carbocycles. The molecule has 5 rings (SSSR count). The molecule has 0 radical (unpaired) electrons. The van der Waals surface area contributed by atoms with Crippen LogP contribution >= 0.6 is 11.8 Å². The van der Waals surface area contributed by atoms with Crippen LogP contribution in [0.2, 0.25) is 0 Å². The lowest BCUT2D eigenvalue weighted by atomic mass is 9.84. The molecule has 0 spiro atoms. The zero-order chi connectivity index (χ0) is 54.1. The summed E-state index contributed by atoms with van der Waals surface area (Å²) in [6, 6.07) is 37.3. The quantitative estimate of drug-likeness (QED) is 0.0471. The Balaban J connectivity index is 1.29. The molecule has 4 aromatic carbocycles. The van der Waals surface area contributed by atoms with Crippen molar-refractivity contribution in [2.45, 2.75) is 128 Å². The summed E-state index contributed by atoms with van der Waals surface area (Å²) in [4.78, 5) is 75.5. The van der Waals surface area contributed by atoms with E-state index in [1.54, 1.807) is 30.9 Å². The van der Waals surface area contributed by atoms with Gasteiger partial charge in [-0.15, -0.1) is 11.8 Å². The van der Waals surface area contributed by atoms with Crippen molar-refractivity contribution in [2.24, 2.45) is 23.7 Å². The van der Waals surface area contributed by atoms with Crippen LogP contribution in [0.25, 0.3) is 0 Å². The van der Waals surface area contributed by atoms with Crippen molar-refractivity contribution < 1.29 is 38.6 Å². The van der Waals surface area contributed by atoms with Crippen molar-refractivity contribution in [1.82, 2.24) is 25.3 Å². The Hall–Kier alpha value is -5.54. The minimum atomic E-state index is -1.14. The number of hydrogen-bond donors (Lipinski definition) is 3. The number of carbonyl (C=O) groups is 5. The lowest BCUT2D eigenvalue weighted by molar-refractivity contribution is -0.148. The molecule has 14 heteroatoms. The first-order valence-electron chi connectivity index (χ1n) is 26.4. The molecule has 8 unspecified atom stereocenters. The topological polar surface area (TPSA) is 158 Å². The lowest BCUT2D eigenvalue weighted by Crippen LogP contribution is -2.60. The third-order valence-electron chi connectivity index (χ3n) is 15.1. The van der Waals surface area contributed by atoms with Crippen LogP contribution in [-0.2, 0) is 44.6 Å². The minimum absolute atomic E-state index is 0.0359. The highest BCUT2D eigenvalue weighted by Gasteiger charge is 2.44. The van der Waals surface area contributed by atoms with E-state index in [4.69, 9.17) is 9.47 Å². The van der Waals surface area contributed by atoms with Gasteiger partial charge < -0.3 is 35.0 Å². The number of carbonyl (C=O) groups excluding carboxylic acids is 4. The molecule has 74 heavy (non-hydrogen) atoms. The number of benzene rings is 4. The summed E-state index contributed by atoms with van der Waals surface area (Å²) < 4.78 is 11.6.